The molecular formula is C21H15N3O4. The molecule has 0 fully saturated rings. The zero-order valence-corrected chi connectivity index (χ0v) is 14.9. The summed E-state index contributed by atoms with van der Waals surface area (Å²) in [5.41, 5.74) is 1.84. The zero-order valence-electron chi connectivity index (χ0n) is 14.9. The predicted molar refractivity (Wildman–Crippen MR) is 104 cm³/mol. The Labute approximate surface area is 160 Å². The number of rotatable bonds is 5. The van der Waals surface area contributed by atoms with Crippen molar-refractivity contribution in [2.75, 3.05) is 5.32 Å². The number of hydrogen-bond donors (Lipinski definition) is 1. The summed E-state index contributed by atoms with van der Waals surface area (Å²) in [6.45, 7) is 1.74. The highest BCUT2D eigenvalue weighted by Crippen LogP contribution is 2.29. The number of carbonyl (C=O) groups excluding carboxylic acids is 1. The summed E-state index contributed by atoms with van der Waals surface area (Å²) in [6.07, 6.45) is 1.35. The van der Waals surface area contributed by atoms with Crippen molar-refractivity contribution < 1.29 is 14.1 Å². The first-order valence-electron chi connectivity index (χ1n) is 8.31. The van der Waals surface area contributed by atoms with Crippen LogP contribution in [0.5, 0.6) is 0 Å². The minimum absolute atomic E-state index is 0.00252. The molecule has 1 heterocycles. The van der Waals surface area contributed by atoms with E-state index in [2.05, 4.69) is 5.32 Å². The molecule has 1 amide bonds. The highest BCUT2D eigenvalue weighted by molar-refractivity contribution is 6.09. The molecular weight excluding hydrogens is 358 g/mol. The van der Waals surface area contributed by atoms with Crippen LogP contribution in [0.1, 0.15) is 11.3 Å². The van der Waals surface area contributed by atoms with Crippen LogP contribution in [0.15, 0.2) is 70.7 Å². The Morgan fingerprint density at radius 3 is 2.57 bits per heavy atom. The van der Waals surface area contributed by atoms with Crippen molar-refractivity contribution in [3.8, 4) is 17.4 Å². The number of carbonyl (C=O) groups is 1. The molecule has 3 rings (SSSR count). The molecule has 3 aromatic rings. The third kappa shape index (κ3) is 4.14. The lowest BCUT2D eigenvalue weighted by Gasteiger charge is -2.03. The van der Waals surface area contributed by atoms with Crippen molar-refractivity contribution in [3.63, 3.8) is 0 Å². The fourth-order valence-corrected chi connectivity index (χ4v) is 2.62. The van der Waals surface area contributed by atoms with Gasteiger partial charge < -0.3 is 9.73 Å². The Morgan fingerprint density at radius 1 is 1.18 bits per heavy atom. The van der Waals surface area contributed by atoms with Crippen molar-refractivity contribution in [3.05, 3.63) is 87.7 Å². The van der Waals surface area contributed by atoms with Crippen molar-refractivity contribution in [1.82, 2.24) is 0 Å². The van der Waals surface area contributed by atoms with E-state index in [0.717, 1.165) is 0 Å². The van der Waals surface area contributed by atoms with E-state index < -0.39 is 10.8 Å². The molecule has 7 heteroatoms. The largest absolute Gasteiger partial charge is 0.457 e. The maximum absolute atomic E-state index is 12.3. The number of nitro benzene ring substituents is 1. The van der Waals surface area contributed by atoms with Gasteiger partial charge in [-0.1, -0.05) is 18.2 Å². The summed E-state index contributed by atoms with van der Waals surface area (Å²) < 4.78 is 5.71. The second kappa shape index (κ2) is 8.01. The summed E-state index contributed by atoms with van der Waals surface area (Å²) in [4.78, 5) is 22.7. The highest BCUT2D eigenvalue weighted by Gasteiger charge is 2.14. The number of amides is 1. The van der Waals surface area contributed by atoms with Gasteiger partial charge in [0.05, 0.1) is 4.92 Å². The van der Waals surface area contributed by atoms with Crippen LogP contribution in [0.4, 0.5) is 11.4 Å². The predicted octanol–water partition coefficient (Wildman–Crippen LogP) is 4.71. The van der Waals surface area contributed by atoms with Gasteiger partial charge in [-0.15, -0.1) is 0 Å². The zero-order chi connectivity index (χ0) is 20.1. The van der Waals surface area contributed by atoms with Crippen LogP contribution in [0.3, 0.4) is 0 Å². The molecule has 7 nitrogen and oxygen atoms in total. The van der Waals surface area contributed by atoms with Gasteiger partial charge in [0, 0.05) is 29.5 Å². The molecule has 0 radical (unpaired) electrons. The van der Waals surface area contributed by atoms with Gasteiger partial charge in [0.25, 0.3) is 11.6 Å². The number of furan rings is 1. The summed E-state index contributed by atoms with van der Waals surface area (Å²) in [5, 5.41) is 22.8. The smallest absolute Gasteiger partial charge is 0.269 e. The van der Waals surface area contributed by atoms with Gasteiger partial charge in [0.1, 0.15) is 23.2 Å². The Balaban J connectivity index is 1.83. The van der Waals surface area contributed by atoms with E-state index in [1.807, 2.05) is 12.1 Å². The minimum atomic E-state index is -0.543. The van der Waals surface area contributed by atoms with Crippen LogP contribution in [0.2, 0.25) is 0 Å². The van der Waals surface area contributed by atoms with Crippen molar-refractivity contribution in [1.29, 1.82) is 5.26 Å². The van der Waals surface area contributed by atoms with Crippen molar-refractivity contribution in [2.24, 2.45) is 0 Å². The normalized spacial score (nSPS) is 10.9. The number of nitro groups is 1. The number of para-hydroxylation sites is 1. The third-order valence-electron chi connectivity index (χ3n) is 4.00. The molecule has 1 N–H and O–H groups in total. The number of aryl methyl sites for hydroxylation is 1. The average molecular weight is 373 g/mol. The standard InChI is InChI=1S/C21H15N3O4/c1-14-11-17(24(26)27)7-9-19(14)20-10-8-18(28-20)12-15(13-22)21(25)23-16-5-3-2-4-6-16/h2-12H,1H3,(H,23,25)/b15-12+. The van der Waals surface area contributed by atoms with Crippen molar-refractivity contribution in [2.45, 2.75) is 6.92 Å². The summed E-state index contributed by atoms with van der Waals surface area (Å²) in [5.74, 6) is 0.269. The number of nitrogens with one attached hydrogen (secondary N) is 1. The summed E-state index contributed by atoms with van der Waals surface area (Å²) >= 11 is 0. The average Bonchev–Trinajstić information content (AvgIpc) is 3.15. The van der Waals surface area contributed by atoms with Crippen molar-refractivity contribution >= 4 is 23.4 Å². The molecule has 0 aliphatic heterocycles. The molecule has 0 unspecified atom stereocenters. The van der Waals surface area contributed by atoms with Gasteiger partial charge in [0.2, 0.25) is 0 Å². The van der Waals surface area contributed by atoms with Crippen LogP contribution in [-0.2, 0) is 4.79 Å². The van der Waals surface area contributed by atoms with E-state index in [1.165, 1.54) is 18.2 Å². The first kappa shape index (κ1) is 18.6. The van der Waals surface area contributed by atoms with E-state index in [9.17, 15) is 20.2 Å². The fraction of sp³-hybridized carbons (Fsp3) is 0.0476. The molecule has 0 saturated heterocycles. The lowest BCUT2D eigenvalue weighted by Crippen LogP contribution is -2.13. The molecule has 0 bridgehead atoms. The molecule has 0 aliphatic rings. The number of nitriles is 1. The quantitative estimate of drug-likeness (QED) is 0.301. The van der Waals surface area contributed by atoms with Gasteiger partial charge in [-0.05, 0) is 42.8 Å². The Kier molecular flexibility index (Phi) is 5.33. The summed E-state index contributed by atoms with van der Waals surface area (Å²) in [7, 11) is 0. The number of benzene rings is 2. The molecule has 0 aliphatic carbocycles. The maximum atomic E-state index is 12.3. The van der Waals surface area contributed by atoms with E-state index in [4.69, 9.17) is 4.42 Å². The molecule has 0 saturated carbocycles. The van der Waals surface area contributed by atoms with Gasteiger partial charge >= 0.3 is 0 Å². The Morgan fingerprint density at radius 2 is 1.93 bits per heavy atom. The third-order valence-corrected chi connectivity index (χ3v) is 4.00. The Hall–Kier alpha value is -4.18. The molecule has 138 valence electrons. The van der Waals surface area contributed by atoms with Crippen LogP contribution < -0.4 is 5.32 Å². The lowest BCUT2D eigenvalue weighted by atomic mass is 10.1. The molecule has 28 heavy (non-hydrogen) atoms. The molecule has 0 spiro atoms. The van der Waals surface area contributed by atoms with E-state index >= 15 is 0 Å². The van der Waals surface area contributed by atoms with Crippen LogP contribution in [-0.4, -0.2) is 10.8 Å². The van der Waals surface area contributed by atoms with Gasteiger partial charge in [0.15, 0.2) is 0 Å². The minimum Gasteiger partial charge on any atom is -0.457 e. The monoisotopic (exact) mass is 373 g/mol. The summed E-state index contributed by atoms with van der Waals surface area (Å²) in [6, 6.07) is 18.4. The number of non-ortho nitro benzene ring substituents is 1. The second-order valence-corrected chi connectivity index (χ2v) is 5.95. The molecule has 0 atom stereocenters. The second-order valence-electron chi connectivity index (χ2n) is 5.95. The lowest BCUT2D eigenvalue weighted by molar-refractivity contribution is -0.384. The Bertz CT molecular complexity index is 1110. The highest BCUT2D eigenvalue weighted by atomic mass is 16.6. The van der Waals surface area contributed by atoms with E-state index in [-0.39, 0.29) is 11.3 Å². The first-order valence-corrected chi connectivity index (χ1v) is 8.31. The van der Waals surface area contributed by atoms with Gasteiger partial charge in [-0.3, -0.25) is 14.9 Å². The van der Waals surface area contributed by atoms with Crippen LogP contribution >= 0.6 is 0 Å². The molecule has 2 aromatic carbocycles. The number of nitrogens with zero attached hydrogens (tertiary/aromatic N) is 2. The van der Waals surface area contributed by atoms with Gasteiger partial charge in [-0.2, -0.15) is 5.26 Å². The SMILES string of the molecule is Cc1cc([N+](=O)[O-])ccc1-c1ccc(/C=C(\C#N)C(=O)Nc2ccccc2)o1. The number of hydrogen-bond acceptors (Lipinski definition) is 5. The number of anilines is 1. The van der Waals surface area contributed by atoms with E-state index in [1.54, 1.807) is 49.4 Å². The first-order chi connectivity index (χ1) is 13.5. The topological polar surface area (TPSA) is 109 Å². The van der Waals surface area contributed by atoms with Crippen LogP contribution in [0.25, 0.3) is 17.4 Å². The van der Waals surface area contributed by atoms with Crippen LogP contribution in [0, 0.1) is 28.4 Å². The molecule has 1 aromatic heterocycles. The maximum Gasteiger partial charge on any atom is 0.269 e. The van der Waals surface area contributed by atoms with E-state index in [0.29, 0.717) is 28.3 Å². The fourth-order valence-electron chi connectivity index (χ4n) is 2.62. The van der Waals surface area contributed by atoms with Gasteiger partial charge in [-0.25, -0.2) is 0 Å².